The zero-order chi connectivity index (χ0) is 14.2. The van der Waals surface area contributed by atoms with Crippen molar-refractivity contribution in [2.24, 2.45) is 0 Å². The second-order valence-electron chi connectivity index (χ2n) is 5.52. The van der Waals surface area contributed by atoms with Crippen LogP contribution >= 0.6 is 0 Å². The van der Waals surface area contributed by atoms with Crippen molar-refractivity contribution in [2.75, 3.05) is 12.8 Å². The largest absolute Gasteiger partial charge is 0.397 e. The summed E-state index contributed by atoms with van der Waals surface area (Å²) in [6.45, 7) is 6.19. The van der Waals surface area contributed by atoms with Crippen LogP contribution in [0.15, 0.2) is 24.3 Å². The highest BCUT2D eigenvalue weighted by molar-refractivity contribution is 6.01. The molecule has 0 unspecified atom stereocenters. The number of nitrogens with two attached hydrogens (primary N) is 1. The number of carbonyl (C=O) groups is 1. The Balaban J connectivity index is 2.40. The van der Waals surface area contributed by atoms with Crippen LogP contribution in [0.25, 0.3) is 10.9 Å². The Morgan fingerprint density at radius 2 is 2.11 bits per heavy atom. The van der Waals surface area contributed by atoms with Crippen LogP contribution in [-0.4, -0.2) is 28.4 Å². The molecule has 4 heteroatoms. The van der Waals surface area contributed by atoms with Crippen molar-refractivity contribution in [3.05, 3.63) is 30.0 Å². The fourth-order valence-corrected chi connectivity index (χ4v) is 1.99. The number of rotatable bonds is 3. The molecule has 2 rings (SSSR count). The molecule has 0 bridgehead atoms. The zero-order valence-electron chi connectivity index (χ0n) is 11.9. The average molecular weight is 259 g/mol. The Morgan fingerprint density at radius 1 is 1.42 bits per heavy atom. The number of nitrogens with zero attached hydrogens (tertiary/aromatic N) is 1. The van der Waals surface area contributed by atoms with Gasteiger partial charge in [-0.05, 0) is 32.4 Å². The maximum absolute atomic E-state index is 12.5. The maximum atomic E-state index is 12.5. The fraction of sp³-hybridized carbons (Fsp3) is 0.400. The van der Waals surface area contributed by atoms with Gasteiger partial charge in [-0.1, -0.05) is 19.1 Å². The predicted octanol–water partition coefficient (Wildman–Crippen LogP) is 3.01. The summed E-state index contributed by atoms with van der Waals surface area (Å²) in [6.07, 6.45) is 0.900. The number of aromatic amines is 1. The monoisotopic (exact) mass is 259 g/mol. The van der Waals surface area contributed by atoms with E-state index >= 15 is 0 Å². The van der Waals surface area contributed by atoms with E-state index in [-0.39, 0.29) is 11.4 Å². The Labute approximate surface area is 113 Å². The molecular weight excluding hydrogens is 238 g/mol. The number of nitrogens with one attached hydrogen (secondary N) is 1. The minimum absolute atomic E-state index is 0.0116. The van der Waals surface area contributed by atoms with Crippen molar-refractivity contribution in [1.29, 1.82) is 0 Å². The van der Waals surface area contributed by atoms with E-state index in [9.17, 15) is 4.79 Å². The van der Waals surface area contributed by atoms with Crippen LogP contribution in [0.3, 0.4) is 0 Å². The van der Waals surface area contributed by atoms with E-state index in [0.29, 0.717) is 11.4 Å². The smallest absolute Gasteiger partial charge is 0.270 e. The van der Waals surface area contributed by atoms with Crippen LogP contribution < -0.4 is 5.73 Å². The summed E-state index contributed by atoms with van der Waals surface area (Å²) in [4.78, 5) is 17.4. The summed E-state index contributed by atoms with van der Waals surface area (Å²) in [5.41, 5.74) is 7.80. The molecule has 0 radical (unpaired) electrons. The van der Waals surface area contributed by atoms with Crippen molar-refractivity contribution < 1.29 is 4.79 Å². The molecule has 4 nitrogen and oxygen atoms in total. The van der Waals surface area contributed by atoms with E-state index in [2.05, 4.69) is 25.8 Å². The highest BCUT2D eigenvalue weighted by atomic mass is 16.2. The van der Waals surface area contributed by atoms with Crippen LogP contribution in [-0.2, 0) is 0 Å². The van der Waals surface area contributed by atoms with Crippen LogP contribution in [0.1, 0.15) is 37.7 Å². The molecule has 102 valence electrons. The minimum atomic E-state index is -0.167. The standard InChI is InChI=1S/C15H21N3O/c1-5-15(2,3)18(4)14(19)12-9-10-7-6-8-11(16)13(10)17-12/h6-9,17H,5,16H2,1-4H3. The van der Waals surface area contributed by atoms with E-state index in [4.69, 9.17) is 5.73 Å². The first-order chi connectivity index (χ1) is 8.86. The summed E-state index contributed by atoms with van der Waals surface area (Å²) in [6, 6.07) is 7.52. The molecule has 2 aromatic rings. The summed E-state index contributed by atoms with van der Waals surface area (Å²) in [7, 11) is 1.83. The molecule has 1 aromatic carbocycles. The first kappa shape index (κ1) is 13.5. The van der Waals surface area contributed by atoms with E-state index in [1.807, 2.05) is 31.3 Å². The van der Waals surface area contributed by atoms with Gasteiger partial charge in [0.15, 0.2) is 0 Å². The van der Waals surface area contributed by atoms with Gasteiger partial charge in [0.05, 0.1) is 11.2 Å². The van der Waals surface area contributed by atoms with Crippen molar-refractivity contribution in [3.63, 3.8) is 0 Å². The molecule has 1 heterocycles. The second kappa shape index (κ2) is 4.61. The van der Waals surface area contributed by atoms with E-state index in [1.54, 1.807) is 4.90 Å². The normalized spacial score (nSPS) is 11.8. The van der Waals surface area contributed by atoms with Crippen molar-refractivity contribution in [1.82, 2.24) is 9.88 Å². The average Bonchev–Trinajstić information content (AvgIpc) is 2.82. The van der Waals surface area contributed by atoms with E-state index in [1.165, 1.54) is 0 Å². The third-order valence-electron chi connectivity index (χ3n) is 4.00. The van der Waals surface area contributed by atoms with E-state index in [0.717, 1.165) is 17.3 Å². The van der Waals surface area contributed by atoms with Gasteiger partial charge < -0.3 is 15.6 Å². The Hall–Kier alpha value is -1.97. The molecule has 0 spiro atoms. The van der Waals surface area contributed by atoms with Gasteiger partial charge in [-0.25, -0.2) is 0 Å². The van der Waals surface area contributed by atoms with Gasteiger partial charge in [0.1, 0.15) is 5.69 Å². The molecule has 0 aliphatic heterocycles. The number of nitrogen functional groups attached to an aromatic ring is 1. The molecule has 0 fully saturated rings. The lowest BCUT2D eigenvalue weighted by Gasteiger charge is -2.34. The molecule has 0 aliphatic rings. The third-order valence-corrected chi connectivity index (χ3v) is 4.00. The molecule has 1 amide bonds. The second-order valence-corrected chi connectivity index (χ2v) is 5.52. The molecular formula is C15H21N3O. The number of para-hydroxylation sites is 1. The molecule has 3 N–H and O–H groups in total. The summed E-state index contributed by atoms with van der Waals surface area (Å²) in [5, 5.41) is 0.964. The Morgan fingerprint density at radius 3 is 2.68 bits per heavy atom. The lowest BCUT2D eigenvalue weighted by molar-refractivity contribution is 0.0615. The number of hydrogen-bond donors (Lipinski definition) is 2. The molecule has 0 atom stereocenters. The number of anilines is 1. The SMILES string of the molecule is CCC(C)(C)N(C)C(=O)c1cc2cccc(N)c2[nH]1. The van der Waals surface area contributed by atoms with Gasteiger partial charge in [0.2, 0.25) is 0 Å². The first-order valence-electron chi connectivity index (χ1n) is 6.52. The minimum Gasteiger partial charge on any atom is -0.397 e. The number of H-pyrrole nitrogens is 1. The van der Waals surface area contributed by atoms with Crippen molar-refractivity contribution >= 4 is 22.5 Å². The molecule has 0 saturated carbocycles. The maximum Gasteiger partial charge on any atom is 0.270 e. The summed E-state index contributed by atoms with van der Waals surface area (Å²) in [5.74, 6) is -0.0116. The highest BCUT2D eigenvalue weighted by Crippen LogP contribution is 2.24. The van der Waals surface area contributed by atoms with Gasteiger partial charge in [0.25, 0.3) is 5.91 Å². The van der Waals surface area contributed by atoms with Crippen LogP contribution in [0.2, 0.25) is 0 Å². The first-order valence-corrected chi connectivity index (χ1v) is 6.52. The molecule has 0 saturated heterocycles. The molecule has 19 heavy (non-hydrogen) atoms. The number of carbonyl (C=O) groups excluding carboxylic acids is 1. The summed E-state index contributed by atoms with van der Waals surface area (Å²) >= 11 is 0. The Kier molecular flexibility index (Phi) is 3.27. The van der Waals surface area contributed by atoms with Crippen LogP contribution in [0.4, 0.5) is 5.69 Å². The Bertz CT molecular complexity index is 613. The lowest BCUT2D eigenvalue weighted by Crippen LogP contribution is -2.44. The van der Waals surface area contributed by atoms with Crippen molar-refractivity contribution in [2.45, 2.75) is 32.7 Å². The fourth-order valence-electron chi connectivity index (χ4n) is 1.99. The predicted molar refractivity (Wildman–Crippen MR) is 79.2 cm³/mol. The number of aromatic nitrogens is 1. The quantitative estimate of drug-likeness (QED) is 0.832. The number of benzene rings is 1. The number of fused-ring (bicyclic) bond motifs is 1. The third kappa shape index (κ3) is 2.30. The van der Waals surface area contributed by atoms with Crippen molar-refractivity contribution in [3.8, 4) is 0 Å². The lowest BCUT2D eigenvalue weighted by atomic mass is 9.99. The topological polar surface area (TPSA) is 62.1 Å². The van der Waals surface area contributed by atoms with Crippen LogP contribution in [0, 0.1) is 0 Å². The zero-order valence-corrected chi connectivity index (χ0v) is 11.9. The highest BCUT2D eigenvalue weighted by Gasteiger charge is 2.27. The van der Waals surface area contributed by atoms with Gasteiger partial charge in [-0.15, -0.1) is 0 Å². The molecule has 0 aliphatic carbocycles. The van der Waals surface area contributed by atoms with Gasteiger partial charge in [-0.2, -0.15) is 0 Å². The van der Waals surface area contributed by atoms with Crippen LogP contribution in [0.5, 0.6) is 0 Å². The summed E-state index contributed by atoms with van der Waals surface area (Å²) < 4.78 is 0. The number of amides is 1. The van der Waals surface area contributed by atoms with E-state index < -0.39 is 0 Å². The van der Waals surface area contributed by atoms with Gasteiger partial charge in [0, 0.05) is 18.0 Å². The van der Waals surface area contributed by atoms with Gasteiger partial charge >= 0.3 is 0 Å². The number of hydrogen-bond acceptors (Lipinski definition) is 2. The van der Waals surface area contributed by atoms with Gasteiger partial charge in [-0.3, -0.25) is 4.79 Å². The molecule has 1 aromatic heterocycles.